The lowest BCUT2D eigenvalue weighted by Gasteiger charge is -2.25. The first-order valence-corrected chi connectivity index (χ1v) is 12.2. The van der Waals surface area contributed by atoms with Gasteiger partial charge in [-0.25, -0.2) is 4.79 Å². The van der Waals surface area contributed by atoms with Gasteiger partial charge in [-0.1, -0.05) is 76.2 Å². The van der Waals surface area contributed by atoms with E-state index in [1.54, 1.807) is 0 Å². The highest BCUT2D eigenvalue weighted by Gasteiger charge is 2.30. The number of hydrogen-bond acceptors (Lipinski definition) is 4. The molecule has 0 spiro atoms. The third kappa shape index (κ3) is 7.07. The van der Waals surface area contributed by atoms with Crippen molar-refractivity contribution in [2.24, 2.45) is 17.3 Å². The minimum atomic E-state index is -0.907. The van der Waals surface area contributed by atoms with Crippen LogP contribution in [0.4, 0.5) is 4.79 Å². The molecule has 0 fully saturated rings. The lowest BCUT2D eigenvalue weighted by atomic mass is 9.88. The SMILES string of the molecule is CC(C)CC(CNC(=O)CC(C)(C)CNC(=O)OCC1c2ccccc2-c2ccccc21)C(=O)O. The summed E-state index contributed by atoms with van der Waals surface area (Å²) in [4.78, 5) is 36.2. The van der Waals surface area contributed by atoms with E-state index >= 15 is 0 Å². The third-order valence-corrected chi connectivity index (χ3v) is 6.34. The second-order valence-electron chi connectivity index (χ2n) is 10.5. The molecule has 2 aromatic rings. The Hall–Kier alpha value is -3.35. The molecule has 2 aromatic carbocycles. The van der Waals surface area contributed by atoms with E-state index in [-0.39, 0.29) is 43.9 Å². The molecule has 3 N–H and O–H groups in total. The first-order chi connectivity index (χ1) is 16.6. The van der Waals surface area contributed by atoms with Gasteiger partial charge in [0, 0.05) is 25.4 Å². The first-order valence-electron chi connectivity index (χ1n) is 12.2. The van der Waals surface area contributed by atoms with Gasteiger partial charge < -0.3 is 20.5 Å². The van der Waals surface area contributed by atoms with Crippen molar-refractivity contribution in [1.29, 1.82) is 0 Å². The van der Waals surface area contributed by atoms with E-state index in [0.717, 1.165) is 11.1 Å². The van der Waals surface area contributed by atoms with Crippen LogP contribution in [0.5, 0.6) is 0 Å². The highest BCUT2D eigenvalue weighted by molar-refractivity contribution is 5.79. The van der Waals surface area contributed by atoms with Crippen molar-refractivity contribution in [3.05, 3.63) is 59.7 Å². The average Bonchev–Trinajstić information content (AvgIpc) is 3.12. The Kier molecular flexibility index (Phi) is 8.54. The Morgan fingerprint density at radius 2 is 1.54 bits per heavy atom. The summed E-state index contributed by atoms with van der Waals surface area (Å²) in [5.41, 5.74) is 4.11. The van der Waals surface area contributed by atoms with Crippen LogP contribution in [0.25, 0.3) is 11.1 Å². The van der Waals surface area contributed by atoms with Crippen molar-refractivity contribution in [2.75, 3.05) is 19.7 Å². The van der Waals surface area contributed by atoms with Crippen LogP contribution in [-0.4, -0.2) is 42.8 Å². The average molecular weight is 481 g/mol. The van der Waals surface area contributed by atoms with Crippen molar-refractivity contribution < 1.29 is 24.2 Å². The number of rotatable bonds is 11. The quantitative estimate of drug-likeness (QED) is 0.428. The summed E-state index contributed by atoms with van der Waals surface area (Å²) < 4.78 is 5.57. The number of hydrogen-bond donors (Lipinski definition) is 3. The van der Waals surface area contributed by atoms with Crippen LogP contribution in [0.1, 0.15) is 57.6 Å². The van der Waals surface area contributed by atoms with Crippen LogP contribution in [0.3, 0.4) is 0 Å². The van der Waals surface area contributed by atoms with Crippen LogP contribution in [0.15, 0.2) is 48.5 Å². The van der Waals surface area contributed by atoms with Crippen molar-refractivity contribution >= 4 is 18.0 Å². The van der Waals surface area contributed by atoms with Gasteiger partial charge in [-0.3, -0.25) is 9.59 Å². The minimum Gasteiger partial charge on any atom is -0.481 e. The van der Waals surface area contributed by atoms with Gasteiger partial charge in [0.05, 0.1) is 5.92 Å². The summed E-state index contributed by atoms with van der Waals surface area (Å²) in [6, 6.07) is 16.3. The Bertz CT molecular complexity index is 1020. The van der Waals surface area contributed by atoms with Gasteiger partial charge in [0.1, 0.15) is 6.61 Å². The third-order valence-electron chi connectivity index (χ3n) is 6.34. The van der Waals surface area contributed by atoms with Gasteiger partial charge in [-0.05, 0) is 40.0 Å². The second-order valence-corrected chi connectivity index (χ2v) is 10.5. The predicted octanol–water partition coefficient (Wildman–Crippen LogP) is 4.80. The fourth-order valence-electron chi connectivity index (χ4n) is 4.60. The standard InChI is InChI=1S/C28H36N2O5/c1-18(2)13-19(26(32)33)15-29-25(31)14-28(3,4)17-30-27(34)35-16-24-22-11-7-5-9-20(22)21-10-6-8-12-23(21)24/h5-12,18-19,24H,13-17H2,1-4H3,(H,29,31)(H,30,34)(H,32,33). The monoisotopic (exact) mass is 480 g/mol. The van der Waals surface area contributed by atoms with E-state index in [1.807, 2.05) is 52.0 Å². The summed E-state index contributed by atoms with van der Waals surface area (Å²) >= 11 is 0. The molecule has 0 aliphatic heterocycles. The zero-order chi connectivity index (χ0) is 25.6. The normalized spacial score (nSPS) is 13.6. The van der Waals surface area contributed by atoms with Crippen LogP contribution in [0.2, 0.25) is 0 Å². The number of nitrogens with one attached hydrogen (secondary N) is 2. The maximum Gasteiger partial charge on any atom is 0.407 e. The molecular weight excluding hydrogens is 444 g/mol. The largest absolute Gasteiger partial charge is 0.481 e. The number of ether oxygens (including phenoxy) is 1. The molecular formula is C28H36N2O5. The maximum absolute atomic E-state index is 12.4. The summed E-state index contributed by atoms with van der Waals surface area (Å²) in [7, 11) is 0. The Morgan fingerprint density at radius 1 is 0.971 bits per heavy atom. The predicted molar refractivity (Wildman–Crippen MR) is 135 cm³/mol. The van der Waals surface area contributed by atoms with Crippen molar-refractivity contribution in [2.45, 2.75) is 46.5 Å². The zero-order valence-corrected chi connectivity index (χ0v) is 21.0. The molecule has 0 saturated carbocycles. The number of fused-ring (bicyclic) bond motifs is 3. The van der Waals surface area contributed by atoms with Gasteiger partial charge >= 0.3 is 12.1 Å². The molecule has 0 saturated heterocycles. The van der Waals surface area contributed by atoms with Gasteiger partial charge in [-0.15, -0.1) is 0 Å². The van der Waals surface area contributed by atoms with Gasteiger partial charge in [0.2, 0.25) is 5.91 Å². The number of benzene rings is 2. The van der Waals surface area contributed by atoms with Crippen LogP contribution < -0.4 is 10.6 Å². The van der Waals surface area contributed by atoms with Gasteiger partial charge in [-0.2, -0.15) is 0 Å². The number of alkyl carbamates (subject to hydrolysis) is 1. The molecule has 0 radical (unpaired) electrons. The fourth-order valence-corrected chi connectivity index (χ4v) is 4.60. The molecule has 0 aromatic heterocycles. The number of aliphatic carboxylic acids is 1. The van der Waals surface area contributed by atoms with Crippen LogP contribution in [-0.2, 0) is 14.3 Å². The zero-order valence-electron chi connectivity index (χ0n) is 21.0. The number of carbonyl (C=O) groups excluding carboxylic acids is 2. The number of carboxylic acids is 1. The first kappa shape index (κ1) is 26.3. The van der Waals surface area contributed by atoms with Crippen molar-refractivity contribution in [3.8, 4) is 11.1 Å². The fraction of sp³-hybridized carbons (Fsp3) is 0.464. The summed E-state index contributed by atoms with van der Waals surface area (Å²) in [6.07, 6.45) is 0.135. The number of carbonyl (C=O) groups is 3. The minimum absolute atomic E-state index is 0.0139. The van der Waals surface area contributed by atoms with Gasteiger partial charge in [0.15, 0.2) is 0 Å². The molecule has 3 rings (SSSR count). The van der Waals surface area contributed by atoms with E-state index in [2.05, 4.69) is 34.9 Å². The molecule has 35 heavy (non-hydrogen) atoms. The van der Waals surface area contributed by atoms with Crippen molar-refractivity contribution in [1.82, 2.24) is 10.6 Å². The molecule has 1 aliphatic rings. The number of amides is 2. The Labute approximate surface area is 207 Å². The molecule has 1 atom stereocenters. The van der Waals surface area contributed by atoms with Crippen LogP contribution >= 0.6 is 0 Å². The second kappa shape index (κ2) is 11.4. The van der Waals surface area contributed by atoms with Crippen molar-refractivity contribution in [3.63, 3.8) is 0 Å². The lowest BCUT2D eigenvalue weighted by molar-refractivity contribution is -0.142. The van der Waals surface area contributed by atoms with E-state index in [9.17, 15) is 19.5 Å². The topological polar surface area (TPSA) is 105 Å². The lowest BCUT2D eigenvalue weighted by Crippen LogP contribution is -2.40. The number of carboxylic acid groups (broad SMARTS) is 1. The molecule has 7 nitrogen and oxygen atoms in total. The Balaban J connectivity index is 1.47. The van der Waals surface area contributed by atoms with E-state index in [0.29, 0.717) is 6.42 Å². The maximum atomic E-state index is 12.4. The van der Waals surface area contributed by atoms with Crippen LogP contribution in [0, 0.1) is 17.3 Å². The highest BCUT2D eigenvalue weighted by atomic mass is 16.5. The highest BCUT2D eigenvalue weighted by Crippen LogP contribution is 2.44. The van der Waals surface area contributed by atoms with E-state index in [4.69, 9.17) is 4.74 Å². The summed E-state index contributed by atoms with van der Waals surface area (Å²) in [6.45, 7) is 8.24. The molecule has 1 aliphatic carbocycles. The molecule has 7 heteroatoms. The summed E-state index contributed by atoms with van der Waals surface area (Å²) in [5.74, 6) is -1.54. The molecule has 0 heterocycles. The molecule has 2 amide bonds. The van der Waals surface area contributed by atoms with E-state index < -0.39 is 23.4 Å². The molecule has 0 bridgehead atoms. The summed E-state index contributed by atoms with van der Waals surface area (Å²) in [5, 5.41) is 14.8. The van der Waals surface area contributed by atoms with Gasteiger partial charge in [0.25, 0.3) is 0 Å². The molecule has 188 valence electrons. The molecule has 1 unspecified atom stereocenters. The van der Waals surface area contributed by atoms with E-state index in [1.165, 1.54) is 11.1 Å². The smallest absolute Gasteiger partial charge is 0.407 e. The Morgan fingerprint density at radius 3 is 2.09 bits per heavy atom.